The number of nitrogen functional groups attached to an aromatic ring is 1. The standard InChI is InChI=1S/C25H23ClFN3O2S/c1-25(2,32-24(29)31)13-20-30-23-19(33-20)12-16(10-14-6-8-18(28)9-7-14)22(27)21(23)15-4-3-5-17(26)11-15/h3-9,11-12H,10,13,28H2,1-2H3,(H2,29,31). The number of amides is 1. The molecule has 0 fully saturated rings. The molecular formula is C25H23ClFN3O2S. The number of carbonyl (C=O) groups is 1. The Morgan fingerprint density at radius 1 is 1.18 bits per heavy atom. The first-order valence-corrected chi connectivity index (χ1v) is 11.5. The van der Waals surface area contributed by atoms with Crippen LogP contribution in [0.5, 0.6) is 0 Å². The predicted molar refractivity (Wildman–Crippen MR) is 132 cm³/mol. The minimum absolute atomic E-state index is 0.342. The molecule has 0 saturated carbocycles. The van der Waals surface area contributed by atoms with E-state index in [4.69, 9.17) is 32.8 Å². The first-order chi connectivity index (χ1) is 15.6. The van der Waals surface area contributed by atoms with Gasteiger partial charge in [0, 0.05) is 29.1 Å². The number of rotatable bonds is 6. The summed E-state index contributed by atoms with van der Waals surface area (Å²) in [6, 6.07) is 16.3. The number of hydrogen-bond donors (Lipinski definition) is 2. The van der Waals surface area contributed by atoms with Crippen LogP contribution in [0.1, 0.15) is 30.0 Å². The van der Waals surface area contributed by atoms with Crippen molar-refractivity contribution in [1.82, 2.24) is 4.98 Å². The highest BCUT2D eigenvalue weighted by Gasteiger charge is 2.26. The van der Waals surface area contributed by atoms with E-state index in [0.29, 0.717) is 50.8 Å². The molecule has 5 nitrogen and oxygen atoms in total. The van der Waals surface area contributed by atoms with E-state index in [0.717, 1.165) is 10.3 Å². The molecule has 0 aliphatic rings. The number of aromatic nitrogens is 1. The summed E-state index contributed by atoms with van der Waals surface area (Å²) in [5.74, 6) is -0.342. The quantitative estimate of drug-likeness (QED) is 0.313. The van der Waals surface area contributed by atoms with E-state index in [-0.39, 0.29) is 5.82 Å². The molecule has 1 heterocycles. The maximum atomic E-state index is 15.9. The van der Waals surface area contributed by atoms with Gasteiger partial charge in [0.25, 0.3) is 0 Å². The minimum atomic E-state index is -0.849. The van der Waals surface area contributed by atoms with Gasteiger partial charge in [0.1, 0.15) is 11.4 Å². The number of halogens is 2. The molecule has 8 heteroatoms. The topological polar surface area (TPSA) is 91.2 Å². The SMILES string of the molecule is CC(C)(Cc1nc2c(-c3cccc(Cl)c3)c(F)c(Cc3ccc(N)cc3)cc2s1)OC(N)=O. The third-order valence-electron chi connectivity index (χ3n) is 5.18. The molecule has 33 heavy (non-hydrogen) atoms. The molecule has 4 rings (SSSR count). The number of anilines is 1. The average Bonchev–Trinajstić information content (AvgIpc) is 3.09. The van der Waals surface area contributed by atoms with E-state index in [1.807, 2.05) is 24.3 Å². The van der Waals surface area contributed by atoms with Crippen molar-refractivity contribution in [3.8, 4) is 11.1 Å². The van der Waals surface area contributed by atoms with E-state index in [2.05, 4.69) is 0 Å². The molecule has 0 unspecified atom stereocenters. The molecule has 1 aromatic heterocycles. The normalized spacial score (nSPS) is 11.6. The van der Waals surface area contributed by atoms with Gasteiger partial charge in [0.05, 0.1) is 15.2 Å². The number of thiazole rings is 1. The summed E-state index contributed by atoms with van der Waals surface area (Å²) >= 11 is 7.65. The Balaban J connectivity index is 1.85. The molecule has 0 aliphatic carbocycles. The number of carbonyl (C=O) groups excluding carboxylic acids is 1. The van der Waals surface area contributed by atoms with Crippen LogP contribution in [0.3, 0.4) is 0 Å². The van der Waals surface area contributed by atoms with Crippen molar-refractivity contribution in [3.05, 3.63) is 81.6 Å². The Morgan fingerprint density at radius 3 is 2.58 bits per heavy atom. The van der Waals surface area contributed by atoms with Crippen molar-refractivity contribution in [1.29, 1.82) is 0 Å². The second-order valence-corrected chi connectivity index (χ2v) is 10.0. The molecule has 0 atom stereocenters. The van der Waals surface area contributed by atoms with Gasteiger partial charge in [-0.3, -0.25) is 0 Å². The molecule has 0 aliphatic heterocycles. The van der Waals surface area contributed by atoms with Crippen molar-refractivity contribution in [3.63, 3.8) is 0 Å². The molecule has 170 valence electrons. The zero-order valence-electron chi connectivity index (χ0n) is 18.2. The molecule has 4 aromatic rings. The lowest BCUT2D eigenvalue weighted by atomic mass is 9.97. The van der Waals surface area contributed by atoms with Gasteiger partial charge in [-0.25, -0.2) is 14.2 Å². The second kappa shape index (κ2) is 9.00. The van der Waals surface area contributed by atoms with E-state index in [1.54, 1.807) is 44.2 Å². The van der Waals surface area contributed by atoms with E-state index < -0.39 is 11.7 Å². The highest BCUT2D eigenvalue weighted by molar-refractivity contribution is 7.18. The molecule has 0 bridgehead atoms. The number of nitrogens with two attached hydrogens (primary N) is 2. The maximum Gasteiger partial charge on any atom is 0.405 e. The number of ether oxygens (including phenoxy) is 1. The van der Waals surface area contributed by atoms with Crippen molar-refractivity contribution >= 4 is 44.9 Å². The Kier molecular flexibility index (Phi) is 6.28. The van der Waals surface area contributed by atoms with Crippen LogP contribution in [0.25, 0.3) is 21.3 Å². The Morgan fingerprint density at radius 2 is 1.91 bits per heavy atom. The molecule has 0 saturated heterocycles. The number of primary amides is 1. The number of nitrogens with zero attached hydrogens (tertiary/aromatic N) is 1. The molecule has 0 radical (unpaired) electrons. The first-order valence-electron chi connectivity index (χ1n) is 10.3. The van der Waals surface area contributed by atoms with Crippen molar-refractivity contribution in [2.75, 3.05) is 5.73 Å². The third kappa shape index (κ3) is 5.26. The van der Waals surface area contributed by atoms with Gasteiger partial charge in [-0.2, -0.15) is 0 Å². The van der Waals surface area contributed by atoms with Gasteiger partial charge in [-0.05, 0) is 60.9 Å². The molecular weight excluding hydrogens is 461 g/mol. The van der Waals surface area contributed by atoms with Crippen LogP contribution < -0.4 is 11.5 Å². The Bertz CT molecular complexity index is 1340. The molecule has 0 spiro atoms. The fourth-order valence-electron chi connectivity index (χ4n) is 3.78. The summed E-state index contributed by atoms with van der Waals surface area (Å²) in [5, 5.41) is 1.22. The maximum absolute atomic E-state index is 15.9. The zero-order chi connectivity index (χ0) is 23.8. The fourth-order valence-corrected chi connectivity index (χ4v) is 5.23. The number of fused-ring (bicyclic) bond motifs is 1. The summed E-state index contributed by atoms with van der Waals surface area (Å²) < 4.78 is 22.0. The van der Waals surface area contributed by atoms with Gasteiger partial charge in [0.2, 0.25) is 0 Å². The van der Waals surface area contributed by atoms with Crippen LogP contribution in [-0.4, -0.2) is 16.7 Å². The Hall–Kier alpha value is -3.16. The summed E-state index contributed by atoms with van der Waals surface area (Å²) in [5.41, 5.74) is 13.9. The van der Waals surface area contributed by atoms with E-state index >= 15 is 4.39 Å². The van der Waals surface area contributed by atoms with Gasteiger partial charge in [-0.15, -0.1) is 11.3 Å². The minimum Gasteiger partial charge on any atom is -0.443 e. The molecule has 4 N–H and O–H groups in total. The highest BCUT2D eigenvalue weighted by Crippen LogP contribution is 2.38. The summed E-state index contributed by atoms with van der Waals surface area (Å²) in [7, 11) is 0. The van der Waals surface area contributed by atoms with Crippen molar-refractivity contribution < 1.29 is 13.9 Å². The highest BCUT2D eigenvalue weighted by atomic mass is 35.5. The summed E-state index contributed by atoms with van der Waals surface area (Å²) in [6.07, 6.45) is -0.101. The second-order valence-electron chi connectivity index (χ2n) is 8.47. The zero-order valence-corrected chi connectivity index (χ0v) is 19.8. The van der Waals surface area contributed by atoms with E-state index in [1.165, 1.54) is 11.3 Å². The monoisotopic (exact) mass is 483 g/mol. The smallest absolute Gasteiger partial charge is 0.405 e. The van der Waals surface area contributed by atoms with Gasteiger partial charge < -0.3 is 16.2 Å². The van der Waals surface area contributed by atoms with E-state index in [9.17, 15) is 4.79 Å². The first kappa shape index (κ1) is 23.0. The third-order valence-corrected chi connectivity index (χ3v) is 6.42. The van der Waals surface area contributed by atoms with Crippen molar-refractivity contribution in [2.24, 2.45) is 5.73 Å². The lowest BCUT2D eigenvalue weighted by Gasteiger charge is -2.22. The lowest BCUT2D eigenvalue weighted by molar-refractivity contribution is 0.0460. The van der Waals surface area contributed by atoms with Crippen LogP contribution in [0.15, 0.2) is 54.6 Å². The van der Waals surface area contributed by atoms with Crippen LogP contribution in [0, 0.1) is 5.82 Å². The van der Waals surface area contributed by atoms with Gasteiger partial charge in [-0.1, -0.05) is 35.9 Å². The molecule has 1 amide bonds. The number of hydrogen-bond acceptors (Lipinski definition) is 5. The molecule has 3 aromatic carbocycles. The van der Waals surface area contributed by atoms with Crippen LogP contribution in [0.4, 0.5) is 14.9 Å². The van der Waals surface area contributed by atoms with Crippen molar-refractivity contribution in [2.45, 2.75) is 32.3 Å². The lowest BCUT2D eigenvalue weighted by Crippen LogP contribution is -2.33. The van der Waals surface area contributed by atoms with Crippen LogP contribution >= 0.6 is 22.9 Å². The largest absolute Gasteiger partial charge is 0.443 e. The van der Waals surface area contributed by atoms with Crippen LogP contribution in [0.2, 0.25) is 5.02 Å². The number of benzene rings is 3. The Labute approximate surface area is 200 Å². The van der Waals surface area contributed by atoms with Crippen LogP contribution in [-0.2, 0) is 17.6 Å². The fraction of sp³-hybridized carbons (Fsp3) is 0.200. The van der Waals surface area contributed by atoms with Gasteiger partial charge >= 0.3 is 6.09 Å². The predicted octanol–water partition coefficient (Wildman–Crippen LogP) is 6.35. The average molecular weight is 484 g/mol. The van der Waals surface area contributed by atoms with Gasteiger partial charge in [0.15, 0.2) is 0 Å². The summed E-state index contributed by atoms with van der Waals surface area (Å²) in [6.45, 7) is 3.52. The summed E-state index contributed by atoms with van der Waals surface area (Å²) in [4.78, 5) is 16.0.